The zero-order chi connectivity index (χ0) is 27.9. The standard InChI is InChI=1S/C26H21F6NO5/c1-24(10-11-24)21(23(35)36)33-22(34)18-9-5-15-4-6-16(25(27,28)29)12-19(15)20(18)37-13-14-2-7-17(8-3-14)38-26(30,31)32/h2-9,12,21H,10-11,13H2,1H3,(H,33,34)(H,35,36). The van der Waals surface area contributed by atoms with Gasteiger partial charge in [-0.05, 0) is 59.5 Å². The summed E-state index contributed by atoms with van der Waals surface area (Å²) >= 11 is 0. The van der Waals surface area contributed by atoms with E-state index in [-0.39, 0.29) is 23.3 Å². The Labute approximate surface area is 212 Å². The number of rotatable bonds is 8. The van der Waals surface area contributed by atoms with Gasteiger partial charge in [-0.2, -0.15) is 13.2 Å². The van der Waals surface area contributed by atoms with Crippen molar-refractivity contribution in [1.29, 1.82) is 0 Å². The van der Waals surface area contributed by atoms with E-state index in [0.717, 1.165) is 24.3 Å². The fourth-order valence-electron chi connectivity index (χ4n) is 3.97. The minimum Gasteiger partial charge on any atom is -0.487 e. The Hall–Kier alpha value is -3.96. The summed E-state index contributed by atoms with van der Waals surface area (Å²) in [5.41, 5.74) is -1.49. The molecule has 1 aliphatic carbocycles. The molecule has 0 bridgehead atoms. The van der Waals surface area contributed by atoms with Crippen molar-refractivity contribution in [2.75, 3.05) is 0 Å². The zero-order valence-electron chi connectivity index (χ0n) is 19.7. The number of carboxylic acids is 1. The van der Waals surface area contributed by atoms with Gasteiger partial charge in [-0.1, -0.05) is 31.2 Å². The Morgan fingerprint density at radius 1 is 1.00 bits per heavy atom. The van der Waals surface area contributed by atoms with E-state index >= 15 is 0 Å². The monoisotopic (exact) mass is 541 g/mol. The van der Waals surface area contributed by atoms with Gasteiger partial charge in [0.05, 0.1) is 11.1 Å². The Bertz CT molecular complexity index is 1360. The van der Waals surface area contributed by atoms with Crippen molar-refractivity contribution in [2.45, 2.75) is 45.0 Å². The van der Waals surface area contributed by atoms with E-state index in [1.54, 1.807) is 6.92 Å². The first kappa shape index (κ1) is 27.1. The van der Waals surface area contributed by atoms with Crippen molar-refractivity contribution >= 4 is 22.6 Å². The van der Waals surface area contributed by atoms with Crippen molar-refractivity contribution in [3.05, 3.63) is 71.3 Å². The normalized spacial score (nSPS) is 15.6. The molecular formula is C26H21F6NO5. The third-order valence-corrected chi connectivity index (χ3v) is 6.34. The van der Waals surface area contributed by atoms with Gasteiger partial charge in [0.1, 0.15) is 24.1 Å². The van der Waals surface area contributed by atoms with Gasteiger partial charge in [-0.15, -0.1) is 13.2 Å². The summed E-state index contributed by atoms with van der Waals surface area (Å²) in [6, 6.07) is 9.02. The van der Waals surface area contributed by atoms with E-state index in [4.69, 9.17) is 4.74 Å². The molecule has 3 aromatic carbocycles. The predicted octanol–water partition coefficient (Wildman–Crippen LogP) is 6.32. The molecule has 1 amide bonds. The molecule has 3 aromatic rings. The van der Waals surface area contributed by atoms with Gasteiger partial charge in [0.15, 0.2) is 0 Å². The fraction of sp³-hybridized carbons (Fsp3) is 0.308. The third-order valence-electron chi connectivity index (χ3n) is 6.34. The summed E-state index contributed by atoms with van der Waals surface area (Å²) in [5, 5.41) is 12.3. The van der Waals surface area contributed by atoms with E-state index in [9.17, 15) is 41.0 Å². The molecule has 0 aromatic heterocycles. The summed E-state index contributed by atoms with van der Waals surface area (Å²) in [5.74, 6) is -2.81. The van der Waals surface area contributed by atoms with E-state index in [1.165, 1.54) is 30.3 Å². The van der Waals surface area contributed by atoms with Crippen LogP contribution in [-0.4, -0.2) is 29.4 Å². The van der Waals surface area contributed by atoms with Crippen LogP contribution in [-0.2, 0) is 17.6 Å². The maximum Gasteiger partial charge on any atom is 0.573 e. The van der Waals surface area contributed by atoms with Gasteiger partial charge in [0.2, 0.25) is 0 Å². The van der Waals surface area contributed by atoms with Crippen molar-refractivity contribution in [1.82, 2.24) is 5.32 Å². The van der Waals surface area contributed by atoms with Crippen LogP contribution in [0, 0.1) is 5.41 Å². The molecule has 0 aliphatic heterocycles. The van der Waals surface area contributed by atoms with Gasteiger partial charge in [0, 0.05) is 5.39 Å². The molecule has 1 atom stereocenters. The number of aliphatic carboxylic acids is 1. The number of hydrogen-bond acceptors (Lipinski definition) is 4. The zero-order valence-corrected chi connectivity index (χ0v) is 19.7. The Morgan fingerprint density at radius 3 is 2.18 bits per heavy atom. The van der Waals surface area contributed by atoms with Crippen molar-refractivity contribution < 1.29 is 50.5 Å². The molecule has 4 rings (SSSR count). The first-order chi connectivity index (χ1) is 17.7. The van der Waals surface area contributed by atoms with Gasteiger partial charge >= 0.3 is 18.5 Å². The lowest BCUT2D eigenvalue weighted by atomic mass is 9.97. The molecule has 0 radical (unpaired) electrons. The molecule has 38 heavy (non-hydrogen) atoms. The number of carbonyl (C=O) groups is 2. The number of carbonyl (C=O) groups excluding carboxylic acids is 1. The molecule has 202 valence electrons. The number of ether oxygens (including phenoxy) is 2. The second-order valence-corrected chi connectivity index (χ2v) is 9.26. The Morgan fingerprint density at radius 2 is 1.63 bits per heavy atom. The largest absolute Gasteiger partial charge is 0.573 e. The van der Waals surface area contributed by atoms with Gasteiger partial charge in [0.25, 0.3) is 5.91 Å². The van der Waals surface area contributed by atoms with Crippen molar-refractivity contribution in [2.24, 2.45) is 5.41 Å². The topological polar surface area (TPSA) is 84.9 Å². The van der Waals surface area contributed by atoms with Crippen LogP contribution >= 0.6 is 0 Å². The number of fused-ring (bicyclic) bond motifs is 1. The second-order valence-electron chi connectivity index (χ2n) is 9.26. The SMILES string of the molecule is CC1(C(NC(=O)c2ccc3ccc(C(F)(F)F)cc3c2OCc2ccc(OC(F)(F)F)cc2)C(=O)O)CC1. The lowest BCUT2D eigenvalue weighted by molar-refractivity contribution is -0.274. The maximum atomic E-state index is 13.4. The summed E-state index contributed by atoms with van der Waals surface area (Å²) < 4.78 is 87.1. The summed E-state index contributed by atoms with van der Waals surface area (Å²) in [4.78, 5) is 24.9. The highest BCUT2D eigenvalue weighted by atomic mass is 19.4. The number of alkyl halides is 6. The van der Waals surface area contributed by atoms with E-state index < -0.39 is 47.2 Å². The molecule has 0 spiro atoms. The molecule has 1 unspecified atom stereocenters. The van der Waals surface area contributed by atoms with E-state index in [0.29, 0.717) is 23.8 Å². The van der Waals surface area contributed by atoms with Crippen LogP contribution in [0.3, 0.4) is 0 Å². The molecule has 0 saturated heterocycles. The second kappa shape index (κ2) is 9.73. The highest BCUT2D eigenvalue weighted by Gasteiger charge is 2.49. The highest BCUT2D eigenvalue weighted by Crippen LogP contribution is 2.48. The van der Waals surface area contributed by atoms with Gasteiger partial charge in [-0.25, -0.2) is 4.79 Å². The number of halogens is 6. The van der Waals surface area contributed by atoms with Crippen LogP contribution in [0.1, 0.15) is 41.3 Å². The molecular weight excluding hydrogens is 520 g/mol. The van der Waals surface area contributed by atoms with Crippen molar-refractivity contribution in [3.63, 3.8) is 0 Å². The van der Waals surface area contributed by atoms with Crippen LogP contribution in [0.25, 0.3) is 10.8 Å². The summed E-state index contributed by atoms with van der Waals surface area (Å²) in [6.07, 6.45) is -8.42. The van der Waals surface area contributed by atoms with Gasteiger partial charge in [-0.3, -0.25) is 4.79 Å². The van der Waals surface area contributed by atoms with Gasteiger partial charge < -0.3 is 19.9 Å². The predicted molar refractivity (Wildman–Crippen MR) is 123 cm³/mol. The number of benzene rings is 3. The van der Waals surface area contributed by atoms with Crippen LogP contribution in [0.4, 0.5) is 26.3 Å². The average Bonchev–Trinajstić information content (AvgIpc) is 3.57. The van der Waals surface area contributed by atoms with Crippen LogP contribution in [0.2, 0.25) is 0 Å². The quantitative estimate of drug-likeness (QED) is 0.326. The maximum absolute atomic E-state index is 13.4. The van der Waals surface area contributed by atoms with Crippen LogP contribution in [0.15, 0.2) is 54.6 Å². The molecule has 1 aliphatic rings. The first-order valence-electron chi connectivity index (χ1n) is 11.3. The minimum atomic E-state index is -4.88. The summed E-state index contributed by atoms with van der Waals surface area (Å²) in [7, 11) is 0. The lowest BCUT2D eigenvalue weighted by Crippen LogP contribution is -2.46. The summed E-state index contributed by atoms with van der Waals surface area (Å²) in [6.45, 7) is 1.38. The third kappa shape index (κ3) is 6.12. The fourth-order valence-corrected chi connectivity index (χ4v) is 3.97. The van der Waals surface area contributed by atoms with E-state index in [1.807, 2.05) is 0 Å². The van der Waals surface area contributed by atoms with E-state index in [2.05, 4.69) is 10.1 Å². The average molecular weight is 541 g/mol. The number of carboxylic acid groups (broad SMARTS) is 1. The minimum absolute atomic E-state index is 0.0472. The first-order valence-corrected chi connectivity index (χ1v) is 11.3. The lowest BCUT2D eigenvalue weighted by Gasteiger charge is -2.22. The highest BCUT2D eigenvalue weighted by molar-refractivity contribution is 6.05. The number of nitrogens with one attached hydrogen (secondary N) is 1. The van der Waals surface area contributed by atoms with Crippen LogP contribution in [0.5, 0.6) is 11.5 Å². The molecule has 12 heteroatoms. The van der Waals surface area contributed by atoms with Crippen LogP contribution < -0.4 is 14.8 Å². The molecule has 2 N–H and O–H groups in total. The molecule has 0 heterocycles. The Kier molecular flexibility index (Phi) is 6.94. The van der Waals surface area contributed by atoms with Crippen molar-refractivity contribution in [3.8, 4) is 11.5 Å². The molecule has 1 saturated carbocycles. The number of hydrogen-bond donors (Lipinski definition) is 2. The molecule has 1 fully saturated rings. The molecule has 6 nitrogen and oxygen atoms in total. The smallest absolute Gasteiger partial charge is 0.487 e. The number of amides is 1. The Balaban J connectivity index is 1.69.